The highest BCUT2D eigenvalue weighted by molar-refractivity contribution is 7.14. The largest absolute Gasteiger partial charge is 0.497 e. The summed E-state index contributed by atoms with van der Waals surface area (Å²) in [5.41, 5.74) is 6.06. The molecule has 0 aliphatic heterocycles. The summed E-state index contributed by atoms with van der Waals surface area (Å²) < 4.78 is 7.38. The van der Waals surface area contributed by atoms with Crippen LogP contribution < -0.4 is 10.1 Å². The van der Waals surface area contributed by atoms with Crippen molar-refractivity contribution in [2.24, 2.45) is 7.05 Å². The van der Waals surface area contributed by atoms with E-state index in [1.54, 1.807) is 18.4 Å². The van der Waals surface area contributed by atoms with Crippen LogP contribution in [0.3, 0.4) is 0 Å². The van der Waals surface area contributed by atoms with E-state index in [1.807, 2.05) is 12.1 Å². The number of aromatic nitrogens is 2. The number of thiazole rings is 1. The third-order valence-corrected chi connectivity index (χ3v) is 5.20. The molecule has 0 fully saturated rings. The van der Waals surface area contributed by atoms with Gasteiger partial charge in [0.05, 0.1) is 12.8 Å². The van der Waals surface area contributed by atoms with Gasteiger partial charge in [-0.05, 0) is 44.0 Å². The monoisotopic (exact) mass is 341 g/mol. The Bertz CT molecular complexity index is 818. The maximum atomic E-state index is 5.18. The lowest BCUT2D eigenvalue weighted by atomic mass is 10.1. The summed E-state index contributed by atoms with van der Waals surface area (Å²) in [6, 6.07) is 10.4. The number of rotatable bonds is 6. The summed E-state index contributed by atoms with van der Waals surface area (Å²) in [6.07, 6.45) is 0.961. The zero-order valence-electron chi connectivity index (χ0n) is 14.6. The van der Waals surface area contributed by atoms with Gasteiger partial charge in [0, 0.05) is 35.9 Å². The standard InChI is InChI=1S/C19H23N3OS/c1-13-11-17(14(2)22(13)3)18-12-24-19(21-18)20-10-9-15-5-7-16(23-4)8-6-15/h5-8,11-12H,9-10H2,1-4H3,(H,20,21). The molecule has 0 bridgehead atoms. The lowest BCUT2D eigenvalue weighted by molar-refractivity contribution is 0.414. The van der Waals surface area contributed by atoms with Crippen molar-refractivity contribution < 1.29 is 4.74 Å². The molecule has 0 spiro atoms. The molecule has 0 atom stereocenters. The fourth-order valence-electron chi connectivity index (χ4n) is 2.70. The first-order valence-corrected chi connectivity index (χ1v) is 8.92. The minimum absolute atomic E-state index is 0.867. The number of ether oxygens (including phenoxy) is 1. The second-order valence-corrected chi connectivity index (χ2v) is 6.76. The fraction of sp³-hybridized carbons (Fsp3) is 0.316. The van der Waals surface area contributed by atoms with Gasteiger partial charge in [0.25, 0.3) is 0 Å². The Morgan fingerprint density at radius 2 is 1.96 bits per heavy atom. The molecule has 1 N–H and O–H groups in total. The van der Waals surface area contributed by atoms with Gasteiger partial charge in [-0.2, -0.15) is 0 Å². The van der Waals surface area contributed by atoms with Crippen LogP contribution in [0, 0.1) is 13.8 Å². The average molecular weight is 341 g/mol. The highest BCUT2D eigenvalue weighted by Crippen LogP contribution is 2.29. The van der Waals surface area contributed by atoms with Gasteiger partial charge in [-0.1, -0.05) is 12.1 Å². The number of hydrogen-bond donors (Lipinski definition) is 1. The maximum Gasteiger partial charge on any atom is 0.183 e. The molecule has 0 aliphatic carbocycles. The molecule has 3 rings (SSSR count). The normalized spacial score (nSPS) is 10.8. The predicted molar refractivity (Wildman–Crippen MR) is 101 cm³/mol. The van der Waals surface area contributed by atoms with E-state index in [9.17, 15) is 0 Å². The molecule has 0 amide bonds. The van der Waals surface area contributed by atoms with E-state index in [2.05, 4.69) is 54.4 Å². The van der Waals surface area contributed by atoms with Crippen LogP contribution in [0.15, 0.2) is 35.7 Å². The number of hydrogen-bond acceptors (Lipinski definition) is 4. The van der Waals surface area contributed by atoms with Crippen LogP contribution in [0.4, 0.5) is 5.13 Å². The van der Waals surface area contributed by atoms with Gasteiger partial charge in [0.15, 0.2) is 5.13 Å². The molecule has 0 saturated carbocycles. The first-order valence-electron chi connectivity index (χ1n) is 8.04. The Labute approximate surface area is 147 Å². The van der Waals surface area contributed by atoms with Crippen LogP contribution in [0.1, 0.15) is 17.0 Å². The van der Waals surface area contributed by atoms with Gasteiger partial charge < -0.3 is 14.6 Å². The second-order valence-electron chi connectivity index (χ2n) is 5.91. The Balaban J connectivity index is 1.60. The number of benzene rings is 1. The summed E-state index contributed by atoms with van der Waals surface area (Å²) in [4.78, 5) is 4.73. The van der Waals surface area contributed by atoms with Gasteiger partial charge in [0.2, 0.25) is 0 Å². The molecule has 0 saturated heterocycles. The van der Waals surface area contributed by atoms with E-state index in [4.69, 9.17) is 9.72 Å². The van der Waals surface area contributed by atoms with Crippen molar-refractivity contribution >= 4 is 16.5 Å². The van der Waals surface area contributed by atoms with E-state index in [1.165, 1.54) is 22.5 Å². The van der Waals surface area contributed by atoms with Crippen molar-refractivity contribution in [1.29, 1.82) is 0 Å². The van der Waals surface area contributed by atoms with Crippen molar-refractivity contribution in [2.75, 3.05) is 19.0 Å². The molecule has 0 unspecified atom stereocenters. The number of methoxy groups -OCH3 is 1. The van der Waals surface area contributed by atoms with Crippen LogP contribution in [0.25, 0.3) is 11.3 Å². The molecule has 4 nitrogen and oxygen atoms in total. The highest BCUT2D eigenvalue weighted by atomic mass is 32.1. The molecule has 3 aromatic rings. The van der Waals surface area contributed by atoms with E-state index >= 15 is 0 Å². The van der Waals surface area contributed by atoms with Gasteiger partial charge >= 0.3 is 0 Å². The lowest BCUT2D eigenvalue weighted by Gasteiger charge is -2.04. The van der Waals surface area contributed by atoms with Crippen LogP contribution in [-0.2, 0) is 13.5 Å². The van der Waals surface area contributed by atoms with Crippen LogP contribution in [0.5, 0.6) is 5.75 Å². The zero-order valence-corrected chi connectivity index (χ0v) is 15.4. The Kier molecular flexibility index (Phi) is 4.90. The van der Waals surface area contributed by atoms with E-state index in [-0.39, 0.29) is 0 Å². The number of aryl methyl sites for hydroxylation is 1. The first kappa shape index (κ1) is 16.6. The van der Waals surface area contributed by atoms with Gasteiger partial charge in [-0.15, -0.1) is 11.3 Å². The Morgan fingerprint density at radius 1 is 1.21 bits per heavy atom. The number of nitrogens with one attached hydrogen (secondary N) is 1. The number of anilines is 1. The Hall–Kier alpha value is -2.27. The quantitative estimate of drug-likeness (QED) is 0.721. The lowest BCUT2D eigenvalue weighted by Crippen LogP contribution is -2.04. The molecule has 1 aromatic carbocycles. The van der Waals surface area contributed by atoms with E-state index in [0.717, 1.165) is 29.5 Å². The molecular formula is C19H23N3OS. The maximum absolute atomic E-state index is 5.18. The topological polar surface area (TPSA) is 39.1 Å². The van der Waals surface area contributed by atoms with E-state index < -0.39 is 0 Å². The second kappa shape index (κ2) is 7.09. The summed E-state index contributed by atoms with van der Waals surface area (Å²) in [7, 11) is 3.78. The van der Waals surface area contributed by atoms with Crippen molar-refractivity contribution in [3.8, 4) is 17.0 Å². The van der Waals surface area contributed by atoms with Crippen LogP contribution in [-0.4, -0.2) is 23.2 Å². The Morgan fingerprint density at radius 3 is 2.58 bits per heavy atom. The van der Waals surface area contributed by atoms with Crippen molar-refractivity contribution in [3.63, 3.8) is 0 Å². The molecule has 0 aliphatic rings. The summed E-state index contributed by atoms with van der Waals surface area (Å²) in [5, 5.41) is 6.52. The van der Waals surface area contributed by atoms with Crippen molar-refractivity contribution in [1.82, 2.24) is 9.55 Å². The average Bonchev–Trinajstić information content (AvgIpc) is 3.16. The molecule has 126 valence electrons. The highest BCUT2D eigenvalue weighted by Gasteiger charge is 2.11. The molecular weight excluding hydrogens is 318 g/mol. The summed E-state index contributed by atoms with van der Waals surface area (Å²) in [6.45, 7) is 5.13. The van der Waals surface area contributed by atoms with Crippen LogP contribution >= 0.6 is 11.3 Å². The van der Waals surface area contributed by atoms with Gasteiger partial charge in [-0.25, -0.2) is 4.98 Å². The van der Waals surface area contributed by atoms with Gasteiger partial charge in [-0.3, -0.25) is 0 Å². The molecule has 2 aromatic heterocycles. The minimum Gasteiger partial charge on any atom is -0.497 e. The predicted octanol–water partition coefficient (Wildman–Crippen LogP) is 4.43. The van der Waals surface area contributed by atoms with Crippen molar-refractivity contribution in [3.05, 3.63) is 52.7 Å². The zero-order chi connectivity index (χ0) is 17.1. The number of nitrogens with zero attached hydrogens (tertiary/aromatic N) is 2. The SMILES string of the molecule is COc1ccc(CCNc2nc(-c3cc(C)n(C)c3C)cs2)cc1. The molecule has 24 heavy (non-hydrogen) atoms. The smallest absolute Gasteiger partial charge is 0.183 e. The third-order valence-electron chi connectivity index (χ3n) is 4.40. The molecule has 0 radical (unpaired) electrons. The van der Waals surface area contributed by atoms with Crippen LogP contribution in [0.2, 0.25) is 0 Å². The third kappa shape index (κ3) is 3.46. The first-order chi connectivity index (χ1) is 11.6. The molecule has 2 heterocycles. The summed E-state index contributed by atoms with van der Waals surface area (Å²) in [5.74, 6) is 0.893. The molecule has 5 heteroatoms. The minimum atomic E-state index is 0.867. The van der Waals surface area contributed by atoms with Gasteiger partial charge in [0.1, 0.15) is 5.75 Å². The fourth-order valence-corrected chi connectivity index (χ4v) is 3.44. The van der Waals surface area contributed by atoms with Crippen molar-refractivity contribution in [2.45, 2.75) is 20.3 Å². The van der Waals surface area contributed by atoms with E-state index in [0.29, 0.717) is 0 Å². The summed E-state index contributed by atoms with van der Waals surface area (Å²) >= 11 is 1.66.